The Morgan fingerprint density at radius 1 is 1.06 bits per heavy atom. The summed E-state index contributed by atoms with van der Waals surface area (Å²) in [5.74, 6) is -0.00526. The number of benzene rings is 2. The fourth-order valence-corrected chi connectivity index (χ4v) is 3.89. The van der Waals surface area contributed by atoms with Crippen LogP contribution in [0.3, 0.4) is 0 Å². The Morgan fingerprint density at radius 2 is 1.74 bits per heavy atom. The van der Waals surface area contributed by atoms with Gasteiger partial charge in [-0.05, 0) is 38.1 Å². The zero-order valence-electron chi connectivity index (χ0n) is 17.5. The molecule has 0 atom stereocenters. The van der Waals surface area contributed by atoms with Gasteiger partial charge in [0.05, 0.1) is 23.2 Å². The van der Waals surface area contributed by atoms with Crippen molar-refractivity contribution in [3.05, 3.63) is 48.0 Å². The summed E-state index contributed by atoms with van der Waals surface area (Å²) in [7, 11) is -3.78. The number of hydrogen-bond acceptors (Lipinski definition) is 6. The van der Waals surface area contributed by atoms with E-state index in [0.717, 1.165) is 10.6 Å². The molecule has 0 aliphatic carbocycles. The average molecular weight is 448 g/mol. The van der Waals surface area contributed by atoms with Gasteiger partial charge in [0.2, 0.25) is 15.9 Å². The first-order valence-electron chi connectivity index (χ1n) is 9.72. The molecule has 166 valence electrons. The second kappa shape index (κ2) is 9.25. The van der Waals surface area contributed by atoms with Gasteiger partial charge in [0.25, 0.3) is 5.91 Å². The van der Waals surface area contributed by atoms with E-state index in [1.807, 2.05) is 13.8 Å². The Labute approximate surface area is 181 Å². The quantitative estimate of drug-likeness (QED) is 0.671. The number of sulfonamides is 1. The molecule has 2 amide bonds. The first-order chi connectivity index (χ1) is 14.6. The largest absolute Gasteiger partial charge is 0.486 e. The normalized spacial score (nSPS) is 12.9. The van der Waals surface area contributed by atoms with Crippen LogP contribution in [0.2, 0.25) is 0 Å². The summed E-state index contributed by atoms with van der Waals surface area (Å²) in [6, 6.07) is 11.1. The van der Waals surface area contributed by atoms with Gasteiger partial charge in [0.1, 0.15) is 19.8 Å². The number of amides is 2. The molecule has 0 saturated carbocycles. The van der Waals surface area contributed by atoms with Crippen LogP contribution >= 0.6 is 0 Å². The fourth-order valence-electron chi connectivity index (χ4n) is 3.04. The minimum atomic E-state index is -3.78. The SMILES string of the molecule is CC(C)NC(=O)c1ccccc1NC(=O)CN(c1ccc2c(c1)OCCO2)S(C)(=O)=O. The van der Waals surface area contributed by atoms with E-state index in [-0.39, 0.29) is 23.2 Å². The third-order valence-electron chi connectivity index (χ3n) is 4.37. The van der Waals surface area contributed by atoms with E-state index in [1.54, 1.807) is 36.4 Å². The molecule has 9 nitrogen and oxygen atoms in total. The molecule has 10 heteroatoms. The Balaban J connectivity index is 1.81. The van der Waals surface area contributed by atoms with Crippen LogP contribution in [0, 0.1) is 0 Å². The molecule has 0 saturated heterocycles. The van der Waals surface area contributed by atoms with Crippen LogP contribution < -0.4 is 24.4 Å². The molecule has 1 aliphatic rings. The Bertz CT molecular complexity index is 1080. The molecule has 0 fully saturated rings. The van der Waals surface area contributed by atoms with E-state index in [9.17, 15) is 18.0 Å². The Morgan fingerprint density at radius 3 is 2.42 bits per heavy atom. The summed E-state index contributed by atoms with van der Waals surface area (Å²) in [5, 5.41) is 5.41. The molecular weight excluding hydrogens is 422 g/mol. The lowest BCUT2D eigenvalue weighted by atomic mass is 10.1. The Kier molecular flexibility index (Phi) is 6.69. The van der Waals surface area contributed by atoms with Crippen molar-refractivity contribution in [3.63, 3.8) is 0 Å². The third kappa shape index (κ3) is 5.66. The summed E-state index contributed by atoms with van der Waals surface area (Å²) >= 11 is 0. The van der Waals surface area contributed by atoms with E-state index in [1.165, 1.54) is 6.07 Å². The van der Waals surface area contributed by atoms with Gasteiger partial charge < -0.3 is 20.1 Å². The van der Waals surface area contributed by atoms with Crippen molar-refractivity contribution in [2.75, 3.05) is 35.6 Å². The number of carbonyl (C=O) groups excluding carboxylic acids is 2. The smallest absolute Gasteiger partial charge is 0.253 e. The standard InChI is InChI=1S/C21H25N3O6S/c1-14(2)22-21(26)16-6-4-5-7-17(16)23-20(25)13-24(31(3,27)28)15-8-9-18-19(12-15)30-11-10-29-18/h4-9,12,14H,10-11,13H2,1-3H3,(H,22,26)(H,23,25). The summed E-state index contributed by atoms with van der Waals surface area (Å²) in [4.78, 5) is 25.1. The number of carbonyl (C=O) groups is 2. The highest BCUT2D eigenvalue weighted by molar-refractivity contribution is 7.92. The number of ether oxygens (including phenoxy) is 2. The maximum atomic E-state index is 12.7. The number of nitrogens with zero attached hydrogens (tertiary/aromatic N) is 1. The number of para-hydroxylation sites is 1. The molecule has 2 N–H and O–H groups in total. The zero-order chi connectivity index (χ0) is 22.6. The molecule has 1 aliphatic heterocycles. The van der Waals surface area contributed by atoms with Gasteiger partial charge in [0.15, 0.2) is 11.5 Å². The third-order valence-corrected chi connectivity index (χ3v) is 5.51. The van der Waals surface area contributed by atoms with Crippen molar-refractivity contribution >= 4 is 33.2 Å². The van der Waals surface area contributed by atoms with Gasteiger partial charge in [0, 0.05) is 12.1 Å². The molecule has 0 radical (unpaired) electrons. The molecule has 0 aromatic heterocycles. The molecule has 31 heavy (non-hydrogen) atoms. The van der Waals surface area contributed by atoms with Crippen molar-refractivity contribution in [1.29, 1.82) is 0 Å². The van der Waals surface area contributed by atoms with Crippen LogP contribution in [0.4, 0.5) is 11.4 Å². The zero-order valence-corrected chi connectivity index (χ0v) is 18.4. The maximum absolute atomic E-state index is 12.7. The van der Waals surface area contributed by atoms with Gasteiger partial charge in [-0.15, -0.1) is 0 Å². The molecular formula is C21H25N3O6S. The van der Waals surface area contributed by atoms with E-state index >= 15 is 0 Å². The molecule has 0 unspecified atom stereocenters. The highest BCUT2D eigenvalue weighted by Gasteiger charge is 2.24. The molecule has 1 heterocycles. The topological polar surface area (TPSA) is 114 Å². The molecule has 3 rings (SSSR count). The van der Waals surface area contributed by atoms with E-state index in [0.29, 0.717) is 30.4 Å². The monoisotopic (exact) mass is 447 g/mol. The second-order valence-corrected chi connectivity index (χ2v) is 9.23. The van der Waals surface area contributed by atoms with Gasteiger partial charge >= 0.3 is 0 Å². The van der Waals surface area contributed by atoms with Crippen molar-refractivity contribution in [1.82, 2.24) is 5.32 Å². The van der Waals surface area contributed by atoms with Crippen molar-refractivity contribution < 1.29 is 27.5 Å². The first-order valence-corrected chi connectivity index (χ1v) is 11.6. The summed E-state index contributed by atoms with van der Waals surface area (Å²) in [6.07, 6.45) is 1.01. The molecule has 2 aromatic rings. The van der Waals surface area contributed by atoms with Crippen LogP contribution in [0.25, 0.3) is 0 Å². The predicted molar refractivity (Wildman–Crippen MR) is 117 cm³/mol. The van der Waals surface area contributed by atoms with Crippen molar-refractivity contribution in [2.45, 2.75) is 19.9 Å². The summed E-state index contributed by atoms with van der Waals surface area (Å²) in [6.45, 7) is 3.95. The molecule has 2 aromatic carbocycles. The van der Waals surface area contributed by atoms with Crippen LogP contribution in [-0.4, -0.2) is 52.3 Å². The lowest BCUT2D eigenvalue weighted by Crippen LogP contribution is -2.38. The van der Waals surface area contributed by atoms with Gasteiger partial charge in [-0.2, -0.15) is 0 Å². The number of anilines is 2. The van der Waals surface area contributed by atoms with Gasteiger partial charge in [-0.3, -0.25) is 13.9 Å². The van der Waals surface area contributed by atoms with Gasteiger partial charge in [-0.1, -0.05) is 12.1 Å². The highest BCUT2D eigenvalue weighted by Crippen LogP contribution is 2.34. The fraction of sp³-hybridized carbons (Fsp3) is 0.333. The van der Waals surface area contributed by atoms with E-state index in [4.69, 9.17) is 9.47 Å². The minimum Gasteiger partial charge on any atom is -0.486 e. The lowest BCUT2D eigenvalue weighted by molar-refractivity contribution is -0.114. The second-order valence-electron chi connectivity index (χ2n) is 7.32. The number of rotatable bonds is 7. The number of nitrogens with one attached hydrogen (secondary N) is 2. The summed E-state index contributed by atoms with van der Waals surface area (Å²) < 4.78 is 36.7. The first kappa shape index (κ1) is 22.4. The van der Waals surface area contributed by atoms with Crippen LogP contribution in [-0.2, 0) is 14.8 Å². The maximum Gasteiger partial charge on any atom is 0.253 e. The minimum absolute atomic E-state index is 0.0767. The average Bonchev–Trinajstić information content (AvgIpc) is 2.70. The van der Waals surface area contributed by atoms with E-state index in [2.05, 4.69) is 10.6 Å². The predicted octanol–water partition coefficient (Wildman–Crippen LogP) is 2.00. The Hall–Kier alpha value is -3.27. The van der Waals surface area contributed by atoms with Crippen LogP contribution in [0.1, 0.15) is 24.2 Å². The number of hydrogen-bond donors (Lipinski definition) is 2. The van der Waals surface area contributed by atoms with Crippen molar-refractivity contribution in [2.24, 2.45) is 0 Å². The van der Waals surface area contributed by atoms with Gasteiger partial charge in [-0.25, -0.2) is 8.42 Å². The van der Waals surface area contributed by atoms with Crippen LogP contribution in [0.15, 0.2) is 42.5 Å². The van der Waals surface area contributed by atoms with E-state index < -0.39 is 22.5 Å². The molecule has 0 spiro atoms. The lowest BCUT2D eigenvalue weighted by Gasteiger charge is -2.25. The molecule has 0 bridgehead atoms. The van der Waals surface area contributed by atoms with Crippen molar-refractivity contribution in [3.8, 4) is 11.5 Å². The highest BCUT2D eigenvalue weighted by atomic mass is 32.2. The number of fused-ring (bicyclic) bond motifs is 1. The van der Waals surface area contributed by atoms with Crippen LogP contribution in [0.5, 0.6) is 11.5 Å². The summed E-state index contributed by atoms with van der Waals surface area (Å²) in [5.41, 5.74) is 0.851.